The summed E-state index contributed by atoms with van der Waals surface area (Å²) < 4.78 is 4.03. The highest BCUT2D eigenvalue weighted by molar-refractivity contribution is 7.97. The van der Waals surface area contributed by atoms with Crippen molar-refractivity contribution in [3.05, 3.63) is 59.1 Å². The first-order valence-electron chi connectivity index (χ1n) is 5.60. The predicted octanol–water partition coefficient (Wildman–Crippen LogP) is 5.33. The molecule has 0 saturated carbocycles. The van der Waals surface area contributed by atoms with E-state index in [1.807, 2.05) is 12.1 Å². The Hall–Kier alpha value is -1.65. The third-order valence-corrected chi connectivity index (χ3v) is 3.29. The second-order valence-electron chi connectivity index (χ2n) is 3.83. The standard InChI is InChI=1S/C14H11ClN2OS/c1-10(18)11-2-8-14(9-3-11)19-17-16-13-6-4-12(15)5-7-13/h2-9H,1H3. The lowest BCUT2D eigenvalue weighted by Crippen LogP contribution is -1.89. The fourth-order valence-corrected chi connectivity index (χ4v) is 1.99. The minimum atomic E-state index is 0.0549. The van der Waals surface area contributed by atoms with Crippen LogP contribution in [0.5, 0.6) is 0 Å². The average Bonchev–Trinajstić information content (AvgIpc) is 2.41. The molecule has 0 aliphatic carbocycles. The van der Waals surface area contributed by atoms with Gasteiger partial charge in [-0.05, 0) is 43.3 Å². The highest BCUT2D eigenvalue weighted by atomic mass is 35.5. The summed E-state index contributed by atoms with van der Waals surface area (Å²) in [6.45, 7) is 1.54. The fourth-order valence-electron chi connectivity index (χ4n) is 1.37. The molecule has 0 saturated heterocycles. The number of Topliss-reactive ketones (excluding diaryl/α,β-unsaturated/α-hetero) is 1. The molecule has 2 rings (SSSR count). The van der Waals surface area contributed by atoms with E-state index in [9.17, 15) is 4.79 Å². The summed E-state index contributed by atoms with van der Waals surface area (Å²) >= 11 is 7.03. The van der Waals surface area contributed by atoms with E-state index in [0.29, 0.717) is 10.6 Å². The normalized spacial score (nSPS) is 10.8. The maximum Gasteiger partial charge on any atom is 0.159 e. The number of nitrogens with zero attached hydrogens (tertiary/aromatic N) is 2. The molecule has 0 N–H and O–H groups in total. The van der Waals surface area contributed by atoms with Crippen LogP contribution >= 0.6 is 23.5 Å². The molecule has 2 aromatic carbocycles. The Morgan fingerprint density at radius 3 is 2.26 bits per heavy atom. The van der Waals surface area contributed by atoms with Gasteiger partial charge in [-0.2, -0.15) is 0 Å². The van der Waals surface area contributed by atoms with Crippen LogP contribution in [0.1, 0.15) is 17.3 Å². The SMILES string of the molecule is CC(=O)c1ccc(SN=Nc2ccc(Cl)cc2)cc1. The lowest BCUT2D eigenvalue weighted by atomic mass is 10.2. The van der Waals surface area contributed by atoms with Crippen molar-refractivity contribution in [3.63, 3.8) is 0 Å². The van der Waals surface area contributed by atoms with E-state index in [1.54, 1.807) is 43.3 Å². The van der Waals surface area contributed by atoms with Crippen molar-refractivity contribution < 1.29 is 4.79 Å². The smallest absolute Gasteiger partial charge is 0.159 e. The summed E-state index contributed by atoms with van der Waals surface area (Å²) in [5.41, 5.74) is 1.44. The second kappa shape index (κ2) is 6.50. The summed E-state index contributed by atoms with van der Waals surface area (Å²) in [5.74, 6) is 0.0549. The zero-order valence-corrected chi connectivity index (χ0v) is 11.8. The third kappa shape index (κ3) is 4.19. The number of hydrogen-bond donors (Lipinski definition) is 0. The molecule has 5 heteroatoms. The average molecular weight is 291 g/mol. The Morgan fingerprint density at radius 2 is 1.68 bits per heavy atom. The van der Waals surface area contributed by atoms with Crippen LogP contribution in [0.2, 0.25) is 5.02 Å². The summed E-state index contributed by atoms with van der Waals surface area (Å²) in [4.78, 5) is 12.1. The van der Waals surface area contributed by atoms with Crippen molar-refractivity contribution in [2.75, 3.05) is 0 Å². The molecule has 2 aromatic rings. The Balaban J connectivity index is 1.98. The van der Waals surface area contributed by atoms with E-state index in [4.69, 9.17) is 11.6 Å². The van der Waals surface area contributed by atoms with Gasteiger partial charge in [0.1, 0.15) is 0 Å². The van der Waals surface area contributed by atoms with Gasteiger partial charge in [-0.25, -0.2) is 0 Å². The van der Waals surface area contributed by atoms with Gasteiger partial charge in [-0.3, -0.25) is 4.79 Å². The number of carbonyl (C=O) groups is 1. The van der Waals surface area contributed by atoms with Gasteiger partial charge in [0.25, 0.3) is 0 Å². The second-order valence-corrected chi connectivity index (χ2v) is 5.08. The van der Waals surface area contributed by atoms with Crippen LogP contribution in [0.15, 0.2) is 63.1 Å². The summed E-state index contributed by atoms with van der Waals surface area (Å²) in [6, 6.07) is 14.4. The molecule has 0 radical (unpaired) electrons. The van der Waals surface area contributed by atoms with Crippen LogP contribution in [0, 0.1) is 0 Å². The minimum absolute atomic E-state index is 0.0549. The molecule has 0 aliphatic heterocycles. The fraction of sp³-hybridized carbons (Fsp3) is 0.0714. The van der Waals surface area contributed by atoms with Crippen LogP contribution in [0.25, 0.3) is 0 Å². The van der Waals surface area contributed by atoms with Crippen LogP contribution in [0.4, 0.5) is 5.69 Å². The monoisotopic (exact) mass is 290 g/mol. The van der Waals surface area contributed by atoms with Gasteiger partial charge in [-0.15, -0.1) is 9.63 Å². The van der Waals surface area contributed by atoms with Gasteiger partial charge in [-0.1, -0.05) is 23.7 Å². The van der Waals surface area contributed by atoms with Gasteiger partial charge in [0.2, 0.25) is 0 Å². The molecule has 0 spiro atoms. The topological polar surface area (TPSA) is 41.8 Å². The molecule has 0 atom stereocenters. The highest BCUT2D eigenvalue weighted by Gasteiger charge is 1.99. The van der Waals surface area contributed by atoms with Crippen molar-refractivity contribution >= 4 is 35.0 Å². The van der Waals surface area contributed by atoms with E-state index in [2.05, 4.69) is 9.63 Å². The van der Waals surface area contributed by atoms with Crippen molar-refractivity contribution in [1.29, 1.82) is 0 Å². The first-order valence-corrected chi connectivity index (χ1v) is 6.75. The maximum absolute atomic E-state index is 11.1. The van der Waals surface area contributed by atoms with Gasteiger partial charge in [0, 0.05) is 27.4 Å². The molecular weight excluding hydrogens is 280 g/mol. The number of carbonyl (C=O) groups excluding carboxylic acids is 1. The Morgan fingerprint density at radius 1 is 1.05 bits per heavy atom. The first-order chi connectivity index (χ1) is 9.15. The quantitative estimate of drug-likeness (QED) is 0.433. The van der Waals surface area contributed by atoms with Gasteiger partial charge >= 0.3 is 0 Å². The summed E-state index contributed by atoms with van der Waals surface area (Å²) in [6.07, 6.45) is 0. The predicted molar refractivity (Wildman–Crippen MR) is 78.3 cm³/mol. The maximum atomic E-state index is 11.1. The van der Waals surface area contributed by atoms with Crippen LogP contribution < -0.4 is 0 Å². The third-order valence-electron chi connectivity index (χ3n) is 2.39. The van der Waals surface area contributed by atoms with E-state index in [0.717, 1.165) is 10.6 Å². The molecule has 96 valence electrons. The largest absolute Gasteiger partial charge is 0.295 e. The number of benzene rings is 2. The molecular formula is C14H11ClN2OS. The molecule has 0 heterocycles. The molecule has 3 nitrogen and oxygen atoms in total. The van der Waals surface area contributed by atoms with Crippen LogP contribution in [-0.2, 0) is 0 Å². The Labute approximate surface area is 120 Å². The molecule has 0 bridgehead atoms. The molecule has 0 unspecified atom stereocenters. The number of ketones is 1. The molecule has 0 aromatic heterocycles. The van der Waals surface area contributed by atoms with Crippen molar-refractivity contribution in [3.8, 4) is 0 Å². The van der Waals surface area contributed by atoms with Crippen LogP contribution in [0.3, 0.4) is 0 Å². The highest BCUT2D eigenvalue weighted by Crippen LogP contribution is 2.23. The van der Waals surface area contributed by atoms with Gasteiger partial charge in [0.15, 0.2) is 5.78 Å². The van der Waals surface area contributed by atoms with E-state index < -0.39 is 0 Å². The summed E-state index contributed by atoms with van der Waals surface area (Å²) in [5, 5.41) is 4.74. The van der Waals surface area contributed by atoms with Crippen LogP contribution in [-0.4, -0.2) is 5.78 Å². The van der Waals surface area contributed by atoms with Crippen molar-refractivity contribution in [2.24, 2.45) is 9.63 Å². The zero-order valence-electron chi connectivity index (χ0n) is 10.2. The number of halogens is 1. The summed E-state index contributed by atoms with van der Waals surface area (Å²) in [7, 11) is 0. The lowest BCUT2D eigenvalue weighted by Gasteiger charge is -1.97. The Kier molecular flexibility index (Phi) is 4.71. The first kappa shape index (κ1) is 13.8. The molecule has 19 heavy (non-hydrogen) atoms. The minimum Gasteiger partial charge on any atom is -0.295 e. The van der Waals surface area contributed by atoms with Gasteiger partial charge < -0.3 is 0 Å². The molecule has 0 aliphatic rings. The van der Waals surface area contributed by atoms with Gasteiger partial charge in [0.05, 0.1) is 5.69 Å². The zero-order chi connectivity index (χ0) is 13.7. The van der Waals surface area contributed by atoms with E-state index in [1.165, 1.54) is 11.9 Å². The molecule has 0 amide bonds. The van der Waals surface area contributed by atoms with Crippen molar-refractivity contribution in [2.45, 2.75) is 11.8 Å². The van der Waals surface area contributed by atoms with E-state index >= 15 is 0 Å². The molecule has 0 fully saturated rings. The number of rotatable bonds is 4. The van der Waals surface area contributed by atoms with Crippen molar-refractivity contribution in [1.82, 2.24) is 0 Å². The van der Waals surface area contributed by atoms with E-state index in [-0.39, 0.29) is 5.78 Å². The Bertz CT molecular complexity index is 594. The number of hydrogen-bond acceptors (Lipinski definition) is 4. The lowest BCUT2D eigenvalue weighted by molar-refractivity contribution is 0.101.